The molecule has 1 aromatic rings. The van der Waals surface area contributed by atoms with Gasteiger partial charge in [0.05, 0.1) is 0 Å². The fourth-order valence-corrected chi connectivity index (χ4v) is 3.70. The number of guanidine groups is 1. The van der Waals surface area contributed by atoms with Crippen LogP contribution < -0.4 is 21.3 Å². The average Bonchev–Trinajstić information content (AvgIpc) is 2.92. The van der Waals surface area contributed by atoms with Gasteiger partial charge in [0, 0.05) is 25.8 Å². The van der Waals surface area contributed by atoms with E-state index in [9.17, 15) is 33.9 Å². The molecule has 0 fully saturated rings. The smallest absolute Gasteiger partial charge is 0.414 e. The van der Waals surface area contributed by atoms with Crippen LogP contribution in [-0.4, -0.2) is 83.5 Å². The fraction of sp³-hybridized carbons (Fsp3) is 0.548. The molecule has 1 aromatic carbocycles. The molecule has 5 N–H and O–H groups in total. The van der Waals surface area contributed by atoms with Crippen LogP contribution in [0, 0.1) is 0 Å². The highest BCUT2D eigenvalue weighted by molar-refractivity contribution is 6.01. The molecule has 0 aliphatic carbocycles. The summed E-state index contributed by atoms with van der Waals surface area (Å²) < 4.78 is 10.4. The van der Waals surface area contributed by atoms with Crippen LogP contribution in [0.2, 0.25) is 0 Å². The number of rotatable bonds is 14. The first-order chi connectivity index (χ1) is 21.4. The minimum absolute atomic E-state index is 0.0177. The SMILES string of the molecule is C=NC(=O)CC[C@H](NC(=O)CCCCN=C(NC(=O)OC(C)(C)C)NC(=O)OC(C)(C)C)C(=O)N[C@@H](Cc1ccccc1)C(=O)O. The lowest BCUT2D eigenvalue weighted by molar-refractivity contribution is -0.142. The van der Waals surface area contributed by atoms with Crippen LogP contribution in [0.3, 0.4) is 0 Å². The van der Waals surface area contributed by atoms with Gasteiger partial charge < -0.3 is 25.2 Å². The summed E-state index contributed by atoms with van der Waals surface area (Å²) in [6, 6.07) is 6.26. The van der Waals surface area contributed by atoms with Gasteiger partial charge in [-0.25, -0.2) is 19.4 Å². The van der Waals surface area contributed by atoms with E-state index in [4.69, 9.17) is 9.47 Å². The summed E-state index contributed by atoms with van der Waals surface area (Å²) in [5.74, 6) is -3.32. The van der Waals surface area contributed by atoms with Crippen LogP contribution in [0.1, 0.15) is 79.2 Å². The van der Waals surface area contributed by atoms with Crippen molar-refractivity contribution in [1.82, 2.24) is 21.3 Å². The number of aliphatic imine (C=N–C) groups is 2. The zero-order chi connectivity index (χ0) is 34.9. The second kappa shape index (κ2) is 18.9. The van der Waals surface area contributed by atoms with E-state index < -0.39 is 59.2 Å². The van der Waals surface area contributed by atoms with Gasteiger partial charge in [0.1, 0.15) is 23.3 Å². The summed E-state index contributed by atoms with van der Waals surface area (Å²) >= 11 is 0. The maximum absolute atomic E-state index is 13.0. The Labute approximate surface area is 269 Å². The van der Waals surface area contributed by atoms with E-state index in [2.05, 4.69) is 38.0 Å². The van der Waals surface area contributed by atoms with Crippen molar-refractivity contribution in [3.05, 3.63) is 35.9 Å². The van der Waals surface area contributed by atoms with Gasteiger partial charge in [-0.15, -0.1) is 0 Å². The molecule has 0 aliphatic heterocycles. The van der Waals surface area contributed by atoms with Crippen LogP contribution in [0.15, 0.2) is 40.3 Å². The molecule has 0 saturated carbocycles. The Hall–Kier alpha value is -4.82. The van der Waals surface area contributed by atoms with Crippen molar-refractivity contribution in [3.8, 4) is 0 Å². The molecule has 0 bridgehead atoms. The first-order valence-corrected chi connectivity index (χ1v) is 14.8. The van der Waals surface area contributed by atoms with Crippen molar-refractivity contribution >= 4 is 48.6 Å². The number of carboxylic acids is 1. The van der Waals surface area contributed by atoms with E-state index in [1.165, 1.54) is 0 Å². The van der Waals surface area contributed by atoms with Crippen molar-refractivity contribution < 1.29 is 43.3 Å². The fourth-order valence-electron chi connectivity index (χ4n) is 3.70. The first kappa shape index (κ1) is 39.2. The normalized spacial score (nSPS) is 12.4. The second-order valence-corrected chi connectivity index (χ2v) is 12.2. The van der Waals surface area contributed by atoms with E-state index in [0.717, 1.165) is 0 Å². The Bertz CT molecular complexity index is 1220. The number of carbonyl (C=O) groups excluding carboxylic acids is 5. The van der Waals surface area contributed by atoms with Gasteiger partial charge >= 0.3 is 18.2 Å². The second-order valence-electron chi connectivity index (χ2n) is 12.2. The average molecular weight is 647 g/mol. The van der Waals surface area contributed by atoms with Crippen LogP contribution >= 0.6 is 0 Å². The quantitative estimate of drug-likeness (QED) is 0.114. The highest BCUT2D eigenvalue weighted by atomic mass is 16.6. The number of aliphatic carboxylic acids is 1. The molecular weight excluding hydrogens is 600 g/mol. The monoisotopic (exact) mass is 646 g/mol. The minimum Gasteiger partial charge on any atom is -0.480 e. The Kier molecular flexibility index (Phi) is 16.1. The zero-order valence-corrected chi connectivity index (χ0v) is 27.3. The lowest BCUT2D eigenvalue weighted by atomic mass is 10.0. The van der Waals surface area contributed by atoms with Crippen molar-refractivity contribution in [3.63, 3.8) is 0 Å². The highest BCUT2D eigenvalue weighted by Crippen LogP contribution is 2.09. The van der Waals surface area contributed by atoms with Gasteiger partial charge in [-0.3, -0.25) is 30.0 Å². The van der Waals surface area contributed by atoms with Crippen molar-refractivity contribution in [2.75, 3.05) is 6.54 Å². The van der Waals surface area contributed by atoms with Gasteiger partial charge in [-0.1, -0.05) is 30.3 Å². The van der Waals surface area contributed by atoms with E-state index >= 15 is 0 Å². The Balaban J connectivity index is 2.82. The van der Waals surface area contributed by atoms with Gasteiger partial charge in [0.15, 0.2) is 0 Å². The van der Waals surface area contributed by atoms with Gasteiger partial charge in [-0.2, -0.15) is 0 Å². The first-order valence-electron chi connectivity index (χ1n) is 14.8. The third-order valence-electron chi connectivity index (χ3n) is 5.69. The molecule has 0 aromatic heterocycles. The molecule has 0 aliphatic rings. The minimum atomic E-state index is -1.27. The number of hydrogen-bond acceptors (Lipinski definition) is 9. The van der Waals surface area contributed by atoms with Crippen LogP contribution in [0.4, 0.5) is 9.59 Å². The van der Waals surface area contributed by atoms with Crippen LogP contribution in [0.5, 0.6) is 0 Å². The van der Waals surface area contributed by atoms with Crippen molar-refractivity contribution in [2.45, 2.75) is 103 Å². The number of alkyl carbamates (subject to hydrolysis) is 2. The Morgan fingerprint density at radius 3 is 1.89 bits per heavy atom. The third-order valence-corrected chi connectivity index (χ3v) is 5.69. The molecule has 0 unspecified atom stereocenters. The van der Waals surface area contributed by atoms with Gasteiger partial charge in [0.25, 0.3) is 0 Å². The molecule has 15 nitrogen and oxygen atoms in total. The highest BCUT2D eigenvalue weighted by Gasteiger charge is 2.27. The van der Waals surface area contributed by atoms with E-state index in [1.807, 2.05) is 0 Å². The molecule has 254 valence electrons. The maximum Gasteiger partial charge on any atom is 0.414 e. The molecule has 46 heavy (non-hydrogen) atoms. The molecule has 2 atom stereocenters. The predicted octanol–water partition coefficient (Wildman–Crippen LogP) is 2.87. The number of nitrogens with zero attached hydrogens (tertiary/aromatic N) is 2. The molecule has 0 saturated heterocycles. The predicted molar refractivity (Wildman–Crippen MR) is 170 cm³/mol. The summed E-state index contributed by atoms with van der Waals surface area (Å²) in [7, 11) is 0. The summed E-state index contributed by atoms with van der Waals surface area (Å²) in [6.07, 6.45) is -1.36. The number of carbonyl (C=O) groups is 6. The maximum atomic E-state index is 13.0. The van der Waals surface area contributed by atoms with Crippen LogP contribution in [-0.2, 0) is 35.1 Å². The summed E-state index contributed by atoms with van der Waals surface area (Å²) in [6.45, 7) is 13.3. The summed E-state index contributed by atoms with van der Waals surface area (Å²) in [4.78, 5) is 81.2. The third kappa shape index (κ3) is 18.1. The molecular formula is C31H46N6O9. The number of ether oxygens (including phenoxy) is 2. The Morgan fingerprint density at radius 1 is 0.826 bits per heavy atom. The molecule has 0 spiro atoms. The van der Waals surface area contributed by atoms with Crippen molar-refractivity contribution in [2.24, 2.45) is 9.98 Å². The molecule has 0 heterocycles. The van der Waals surface area contributed by atoms with Crippen molar-refractivity contribution in [1.29, 1.82) is 0 Å². The number of carboxylic acid groups (broad SMARTS) is 1. The largest absolute Gasteiger partial charge is 0.480 e. The molecule has 0 radical (unpaired) electrons. The number of nitrogens with one attached hydrogen (secondary N) is 4. The lowest BCUT2D eigenvalue weighted by Gasteiger charge is -2.22. The molecule has 1 rings (SSSR count). The number of unbranched alkanes of at least 4 members (excludes halogenated alkanes) is 1. The Morgan fingerprint density at radius 2 is 1.39 bits per heavy atom. The zero-order valence-electron chi connectivity index (χ0n) is 27.3. The lowest BCUT2D eigenvalue weighted by Crippen LogP contribution is -2.52. The van der Waals surface area contributed by atoms with Crippen LogP contribution in [0.25, 0.3) is 0 Å². The summed E-state index contributed by atoms with van der Waals surface area (Å²) in [5, 5.41) is 19.4. The number of benzene rings is 1. The standard InChI is InChI=1S/C31H46N6O9/c1-30(2,3)45-28(43)36-27(37-29(44)46-31(4,5)6)33-18-12-11-15-24(39)34-21(16-17-23(38)32-7)25(40)35-22(26(41)42)19-20-13-9-8-10-14-20/h8-10,13-14,21-22H,7,11-12,15-19H2,1-6H3,(H,34,39)(H,35,40)(H,41,42)(H2,33,36,37,43,44)/t21-,22-/m0/s1. The summed E-state index contributed by atoms with van der Waals surface area (Å²) in [5.41, 5.74) is -0.903. The van der Waals surface area contributed by atoms with Gasteiger partial charge in [-0.05, 0) is 73.1 Å². The van der Waals surface area contributed by atoms with Gasteiger partial charge in [0.2, 0.25) is 23.7 Å². The number of hydrogen-bond donors (Lipinski definition) is 5. The topological polar surface area (TPSA) is 214 Å². The molecule has 5 amide bonds. The van der Waals surface area contributed by atoms with E-state index in [1.54, 1.807) is 71.9 Å². The number of amides is 5. The van der Waals surface area contributed by atoms with E-state index in [0.29, 0.717) is 18.4 Å². The van der Waals surface area contributed by atoms with E-state index in [-0.39, 0.29) is 38.2 Å². The molecule has 15 heteroatoms.